The van der Waals surface area contributed by atoms with Gasteiger partial charge in [-0.1, -0.05) is 18.2 Å². The van der Waals surface area contributed by atoms with Crippen LogP contribution in [-0.4, -0.2) is 29.5 Å². The van der Waals surface area contributed by atoms with Crippen LogP contribution in [0.5, 0.6) is 5.75 Å². The van der Waals surface area contributed by atoms with E-state index in [1.807, 2.05) is 0 Å². The van der Waals surface area contributed by atoms with Crippen LogP contribution in [-0.2, 0) is 20.6 Å². The molecule has 3 aromatic rings. The second kappa shape index (κ2) is 6.94. The van der Waals surface area contributed by atoms with E-state index in [0.717, 1.165) is 4.57 Å². The van der Waals surface area contributed by atoms with Crippen LogP contribution in [0.3, 0.4) is 0 Å². The number of benzene rings is 1. The Kier molecular flexibility index (Phi) is 4.68. The standard InChI is InChI=1S/C18H20N6O3/c1-5-10-24-14-15(22(3)18(27)23(4)16(14)26)19-17(24)21-20-11(2)12-8-6-7-9-13(12)25/h5-9,25H,1,10H2,2-4H3,(H,19,21)/b20-11-. The predicted octanol–water partition coefficient (Wildman–Crippen LogP) is 1.16. The molecule has 0 bridgehead atoms. The SMILES string of the molecule is C=CCn1c(N/N=C(/C)c2ccccc2O)nc2c1c(=O)n(C)c(=O)n2C. The zero-order valence-electron chi connectivity index (χ0n) is 15.3. The molecule has 1 aromatic carbocycles. The van der Waals surface area contributed by atoms with Crippen LogP contribution >= 0.6 is 0 Å². The number of hydrogen-bond acceptors (Lipinski definition) is 6. The van der Waals surface area contributed by atoms with Crippen molar-refractivity contribution in [1.82, 2.24) is 18.7 Å². The molecule has 140 valence electrons. The van der Waals surface area contributed by atoms with Crippen molar-refractivity contribution in [2.24, 2.45) is 19.2 Å². The molecule has 9 heteroatoms. The molecule has 3 rings (SSSR count). The Morgan fingerprint density at radius 1 is 1.30 bits per heavy atom. The number of rotatable bonds is 5. The Bertz CT molecular complexity index is 1180. The van der Waals surface area contributed by atoms with E-state index in [2.05, 4.69) is 22.1 Å². The molecule has 0 spiro atoms. The third-order valence-electron chi connectivity index (χ3n) is 4.28. The molecular weight excluding hydrogens is 348 g/mol. The van der Waals surface area contributed by atoms with Crippen molar-refractivity contribution in [2.75, 3.05) is 5.43 Å². The lowest BCUT2D eigenvalue weighted by Gasteiger charge is -2.07. The van der Waals surface area contributed by atoms with Crippen molar-refractivity contribution in [3.63, 3.8) is 0 Å². The number of anilines is 1. The first-order valence-corrected chi connectivity index (χ1v) is 8.22. The number of allylic oxidation sites excluding steroid dienone is 1. The largest absolute Gasteiger partial charge is 0.507 e. The smallest absolute Gasteiger partial charge is 0.332 e. The minimum absolute atomic E-state index is 0.108. The van der Waals surface area contributed by atoms with Crippen LogP contribution in [0.1, 0.15) is 12.5 Å². The van der Waals surface area contributed by atoms with Crippen LogP contribution in [0.4, 0.5) is 5.95 Å². The maximum atomic E-state index is 12.6. The monoisotopic (exact) mass is 368 g/mol. The van der Waals surface area contributed by atoms with Gasteiger partial charge in [0.05, 0.1) is 5.71 Å². The van der Waals surface area contributed by atoms with Gasteiger partial charge in [0.15, 0.2) is 11.2 Å². The molecule has 9 nitrogen and oxygen atoms in total. The highest BCUT2D eigenvalue weighted by Crippen LogP contribution is 2.18. The van der Waals surface area contributed by atoms with E-state index >= 15 is 0 Å². The maximum Gasteiger partial charge on any atom is 0.332 e. The molecule has 2 heterocycles. The number of imidazole rings is 1. The number of phenolic OH excluding ortho intramolecular Hbond substituents is 1. The normalized spacial score (nSPS) is 11.7. The second-order valence-electron chi connectivity index (χ2n) is 6.04. The number of fused-ring (bicyclic) bond motifs is 1. The van der Waals surface area contributed by atoms with Crippen LogP contribution < -0.4 is 16.7 Å². The first-order valence-electron chi connectivity index (χ1n) is 8.22. The van der Waals surface area contributed by atoms with Gasteiger partial charge in [0.2, 0.25) is 5.95 Å². The summed E-state index contributed by atoms with van der Waals surface area (Å²) in [4.78, 5) is 29.1. The Morgan fingerprint density at radius 2 is 2.00 bits per heavy atom. The summed E-state index contributed by atoms with van der Waals surface area (Å²) < 4.78 is 3.94. The predicted molar refractivity (Wildman–Crippen MR) is 104 cm³/mol. The molecule has 0 saturated carbocycles. The molecule has 0 atom stereocenters. The molecule has 0 amide bonds. The van der Waals surface area contributed by atoms with Gasteiger partial charge in [-0.3, -0.25) is 18.5 Å². The van der Waals surface area contributed by atoms with Gasteiger partial charge < -0.3 is 5.11 Å². The van der Waals surface area contributed by atoms with Crippen LogP contribution in [0.25, 0.3) is 11.2 Å². The molecule has 27 heavy (non-hydrogen) atoms. The van der Waals surface area contributed by atoms with E-state index in [1.165, 1.54) is 11.6 Å². The van der Waals surface area contributed by atoms with E-state index in [1.54, 1.807) is 48.9 Å². The Balaban J connectivity index is 2.15. The number of hydrogen-bond donors (Lipinski definition) is 2. The van der Waals surface area contributed by atoms with Gasteiger partial charge in [-0.2, -0.15) is 10.1 Å². The number of aromatic hydroxyl groups is 1. The van der Waals surface area contributed by atoms with Crippen molar-refractivity contribution in [3.05, 3.63) is 63.3 Å². The average molecular weight is 368 g/mol. The zero-order chi connectivity index (χ0) is 19.7. The Hall–Kier alpha value is -3.62. The third-order valence-corrected chi connectivity index (χ3v) is 4.28. The van der Waals surface area contributed by atoms with Gasteiger partial charge in [-0.05, 0) is 19.1 Å². The summed E-state index contributed by atoms with van der Waals surface area (Å²) in [6.45, 7) is 5.74. The van der Waals surface area contributed by atoms with Gasteiger partial charge in [-0.25, -0.2) is 10.2 Å². The summed E-state index contributed by atoms with van der Waals surface area (Å²) in [5, 5.41) is 14.2. The molecule has 0 radical (unpaired) electrons. The molecule has 0 saturated heterocycles. The summed E-state index contributed by atoms with van der Waals surface area (Å²) in [6, 6.07) is 6.82. The van der Waals surface area contributed by atoms with Gasteiger partial charge in [-0.15, -0.1) is 6.58 Å². The number of nitrogens with one attached hydrogen (secondary N) is 1. The minimum Gasteiger partial charge on any atom is -0.507 e. The summed E-state index contributed by atoms with van der Waals surface area (Å²) in [5.41, 5.74) is 3.55. The molecule has 0 fully saturated rings. The van der Waals surface area contributed by atoms with E-state index < -0.39 is 11.2 Å². The summed E-state index contributed by atoms with van der Waals surface area (Å²) in [5.74, 6) is 0.398. The molecule has 0 unspecified atom stereocenters. The Labute approximate surface area is 154 Å². The number of hydrazone groups is 1. The fourth-order valence-electron chi connectivity index (χ4n) is 2.81. The molecule has 2 N–H and O–H groups in total. The first-order chi connectivity index (χ1) is 12.9. The number of phenols is 1. The van der Waals surface area contributed by atoms with Crippen molar-refractivity contribution < 1.29 is 5.11 Å². The third kappa shape index (κ3) is 3.03. The van der Waals surface area contributed by atoms with Gasteiger partial charge in [0, 0.05) is 26.2 Å². The van der Waals surface area contributed by atoms with Gasteiger partial charge >= 0.3 is 5.69 Å². The lowest BCUT2D eigenvalue weighted by Crippen LogP contribution is -2.37. The van der Waals surface area contributed by atoms with E-state index in [4.69, 9.17) is 0 Å². The van der Waals surface area contributed by atoms with Crippen LogP contribution in [0.2, 0.25) is 0 Å². The van der Waals surface area contributed by atoms with E-state index in [0.29, 0.717) is 17.8 Å². The highest BCUT2D eigenvalue weighted by atomic mass is 16.3. The maximum absolute atomic E-state index is 12.6. The lowest BCUT2D eigenvalue weighted by molar-refractivity contribution is 0.474. The number of nitrogens with zero attached hydrogens (tertiary/aromatic N) is 5. The quantitative estimate of drug-likeness (QED) is 0.399. The summed E-state index contributed by atoms with van der Waals surface area (Å²) in [6.07, 6.45) is 1.62. The van der Waals surface area contributed by atoms with Crippen LogP contribution in [0, 0.1) is 0 Å². The Morgan fingerprint density at radius 3 is 2.67 bits per heavy atom. The molecule has 0 aliphatic rings. The van der Waals surface area contributed by atoms with E-state index in [-0.39, 0.29) is 22.9 Å². The molecular formula is C18H20N6O3. The summed E-state index contributed by atoms with van der Waals surface area (Å²) >= 11 is 0. The molecule has 2 aromatic heterocycles. The van der Waals surface area contributed by atoms with Crippen molar-refractivity contribution >= 4 is 22.8 Å². The molecule has 0 aliphatic heterocycles. The lowest BCUT2D eigenvalue weighted by atomic mass is 10.1. The number of aryl methyl sites for hydroxylation is 1. The highest BCUT2D eigenvalue weighted by molar-refractivity contribution is 6.01. The van der Waals surface area contributed by atoms with E-state index in [9.17, 15) is 14.7 Å². The number of para-hydroxylation sites is 1. The average Bonchev–Trinajstić information content (AvgIpc) is 3.02. The first kappa shape index (κ1) is 18.2. The topological polar surface area (TPSA) is 106 Å². The fourth-order valence-corrected chi connectivity index (χ4v) is 2.81. The minimum atomic E-state index is -0.462. The second-order valence-corrected chi connectivity index (χ2v) is 6.04. The van der Waals surface area contributed by atoms with Crippen molar-refractivity contribution in [3.8, 4) is 5.75 Å². The van der Waals surface area contributed by atoms with Crippen molar-refractivity contribution in [2.45, 2.75) is 13.5 Å². The summed E-state index contributed by atoms with van der Waals surface area (Å²) in [7, 11) is 2.97. The molecule has 0 aliphatic carbocycles. The van der Waals surface area contributed by atoms with Crippen molar-refractivity contribution in [1.29, 1.82) is 0 Å². The fraction of sp³-hybridized carbons (Fsp3) is 0.222. The van der Waals surface area contributed by atoms with Gasteiger partial charge in [0.25, 0.3) is 5.56 Å². The van der Waals surface area contributed by atoms with Crippen LogP contribution in [0.15, 0.2) is 51.6 Å². The van der Waals surface area contributed by atoms with Gasteiger partial charge in [0.1, 0.15) is 5.75 Å². The zero-order valence-corrected chi connectivity index (χ0v) is 15.3. The highest BCUT2D eigenvalue weighted by Gasteiger charge is 2.18. The number of aromatic nitrogens is 4.